The highest BCUT2D eigenvalue weighted by Gasteiger charge is 2.46. The standard InChI is InChI=1S/C28H32N4O4/c1-6-17-36-21-12-10-20(11-13-21)24-22(26(34)28(35)32(24)16-8-14-30(4)5)25(33)23-19(3)31-15-7-9-18(2)27(31)29-23/h6-7,9-13,15,24,33H,1,8,14,16-17H2,2-5H3/b25-22+. The number of likely N-dealkylation sites (tertiary alicyclic amines) is 1. The fourth-order valence-corrected chi connectivity index (χ4v) is 4.59. The fourth-order valence-electron chi connectivity index (χ4n) is 4.59. The van der Waals surface area contributed by atoms with E-state index in [4.69, 9.17) is 4.74 Å². The maximum atomic E-state index is 13.3. The van der Waals surface area contributed by atoms with Crippen molar-refractivity contribution in [2.24, 2.45) is 0 Å². The van der Waals surface area contributed by atoms with Crippen molar-refractivity contribution in [1.29, 1.82) is 0 Å². The Labute approximate surface area is 211 Å². The Morgan fingerprint density at radius 2 is 1.92 bits per heavy atom. The monoisotopic (exact) mass is 488 g/mol. The molecular weight excluding hydrogens is 456 g/mol. The van der Waals surface area contributed by atoms with Gasteiger partial charge in [-0.25, -0.2) is 4.98 Å². The lowest BCUT2D eigenvalue weighted by Crippen LogP contribution is -2.32. The largest absolute Gasteiger partial charge is 0.505 e. The summed E-state index contributed by atoms with van der Waals surface area (Å²) in [4.78, 5) is 34.7. The average Bonchev–Trinajstić information content (AvgIpc) is 3.33. The molecule has 1 unspecified atom stereocenters. The smallest absolute Gasteiger partial charge is 0.295 e. The van der Waals surface area contributed by atoms with Gasteiger partial charge in [-0.3, -0.25) is 9.59 Å². The van der Waals surface area contributed by atoms with Crippen molar-refractivity contribution in [3.05, 3.63) is 83.3 Å². The number of hydrogen-bond donors (Lipinski definition) is 1. The van der Waals surface area contributed by atoms with Crippen molar-refractivity contribution in [1.82, 2.24) is 19.2 Å². The lowest BCUT2D eigenvalue weighted by molar-refractivity contribution is -0.139. The number of ketones is 1. The number of imidazole rings is 1. The van der Waals surface area contributed by atoms with E-state index in [1.165, 1.54) is 0 Å². The highest BCUT2D eigenvalue weighted by Crippen LogP contribution is 2.40. The van der Waals surface area contributed by atoms with E-state index in [1.807, 2.05) is 67.7 Å². The number of benzene rings is 1. The molecule has 1 atom stereocenters. The van der Waals surface area contributed by atoms with Crippen LogP contribution in [0.4, 0.5) is 0 Å². The van der Waals surface area contributed by atoms with Crippen molar-refractivity contribution in [3.63, 3.8) is 0 Å². The summed E-state index contributed by atoms with van der Waals surface area (Å²) in [5.41, 5.74) is 3.38. The van der Waals surface area contributed by atoms with Gasteiger partial charge in [0.1, 0.15) is 23.7 Å². The van der Waals surface area contributed by atoms with Gasteiger partial charge in [0, 0.05) is 12.7 Å². The predicted octanol–water partition coefficient (Wildman–Crippen LogP) is 3.89. The van der Waals surface area contributed by atoms with Crippen molar-refractivity contribution in [2.75, 3.05) is 33.8 Å². The molecule has 1 saturated heterocycles. The van der Waals surface area contributed by atoms with E-state index >= 15 is 0 Å². The lowest BCUT2D eigenvalue weighted by atomic mass is 9.96. The number of fused-ring (bicyclic) bond motifs is 1. The van der Waals surface area contributed by atoms with Crippen LogP contribution in [0.5, 0.6) is 5.75 Å². The van der Waals surface area contributed by atoms with Gasteiger partial charge >= 0.3 is 0 Å². The number of aliphatic hydroxyl groups excluding tert-OH is 1. The van der Waals surface area contributed by atoms with Crippen LogP contribution in [0.3, 0.4) is 0 Å². The number of aliphatic hydroxyl groups is 1. The summed E-state index contributed by atoms with van der Waals surface area (Å²) in [7, 11) is 3.92. The van der Waals surface area contributed by atoms with Crippen LogP contribution in [-0.2, 0) is 9.59 Å². The minimum Gasteiger partial charge on any atom is -0.505 e. The Morgan fingerprint density at radius 3 is 2.56 bits per heavy atom. The normalized spacial score (nSPS) is 17.4. The zero-order chi connectivity index (χ0) is 26.0. The molecule has 2 aromatic heterocycles. The molecule has 3 heterocycles. The summed E-state index contributed by atoms with van der Waals surface area (Å²) in [6.07, 6.45) is 4.21. The molecule has 1 aliphatic heterocycles. The summed E-state index contributed by atoms with van der Waals surface area (Å²) in [6, 6.07) is 10.3. The molecule has 1 aromatic carbocycles. The van der Waals surface area contributed by atoms with Crippen LogP contribution < -0.4 is 4.74 Å². The molecule has 0 saturated carbocycles. The first-order valence-corrected chi connectivity index (χ1v) is 12.0. The van der Waals surface area contributed by atoms with Gasteiger partial charge in [-0.05, 0) is 70.2 Å². The van der Waals surface area contributed by atoms with Crippen LogP contribution in [0.25, 0.3) is 11.4 Å². The van der Waals surface area contributed by atoms with Crippen molar-refractivity contribution in [2.45, 2.75) is 26.3 Å². The second-order valence-corrected chi connectivity index (χ2v) is 9.25. The van der Waals surface area contributed by atoms with Crippen LogP contribution in [-0.4, -0.2) is 69.8 Å². The van der Waals surface area contributed by atoms with Crippen LogP contribution in [0, 0.1) is 13.8 Å². The second-order valence-electron chi connectivity index (χ2n) is 9.25. The van der Waals surface area contributed by atoms with Crippen molar-refractivity contribution >= 4 is 23.1 Å². The molecule has 1 N–H and O–H groups in total. The molecule has 0 bridgehead atoms. The molecule has 4 rings (SSSR count). The molecular formula is C28H32N4O4. The fraction of sp³-hybridized carbons (Fsp3) is 0.321. The Kier molecular flexibility index (Phi) is 7.26. The Bertz CT molecular complexity index is 1340. The first kappa shape index (κ1) is 25.2. The molecule has 188 valence electrons. The molecule has 8 nitrogen and oxygen atoms in total. The molecule has 8 heteroatoms. The number of aryl methyl sites for hydroxylation is 2. The third kappa shape index (κ3) is 4.64. The van der Waals surface area contributed by atoms with Crippen LogP contribution in [0.1, 0.15) is 35.0 Å². The van der Waals surface area contributed by atoms with Gasteiger partial charge in [-0.1, -0.05) is 30.9 Å². The Hall–Kier alpha value is -3.91. The van der Waals surface area contributed by atoms with Gasteiger partial charge in [0.25, 0.3) is 11.7 Å². The van der Waals surface area contributed by atoms with E-state index in [0.717, 1.165) is 12.1 Å². The van der Waals surface area contributed by atoms with E-state index in [-0.39, 0.29) is 11.3 Å². The molecule has 0 aliphatic carbocycles. The number of rotatable bonds is 9. The molecule has 1 aliphatic rings. The summed E-state index contributed by atoms with van der Waals surface area (Å²) in [5, 5.41) is 11.5. The van der Waals surface area contributed by atoms with E-state index in [0.29, 0.717) is 47.9 Å². The lowest BCUT2D eigenvalue weighted by Gasteiger charge is -2.26. The number of aromatic nitrogens is 2. The van der Waals surface area contributed by atoms with Crippen molar-refractivity contribution < 1.29 is 19.4 Å². The summed E-state index contributed by atoms with van der Waals surface area (Å²) >= 11 is 0. The maximum absolute atomic E-state index is 13.3. The van der Waals surface area contributed by atoms with E-state index < -0.39 is 17.7 Å². The molecule has 0 radical (unpaired) electrons. The quantitative estimate of drug-likeness (QED) is 0.213. The number of nitrogens with zero attached hydrogens (tertiary/aromatic N) is 4. The third-order valence-electron chi connectivity index (χ3n) is 6.42. The third-order valence-corrected chi connectivity index (χ3v) is 6.42. The molecule has 36 heavy (non-hydrogen) atoms. The number of carbonyl (C=O) groups is 2. The Morgan fingerprint density at radius 1 is 1.19 bits per heavy atom. The highest BCUT2D eigenvalue weighted by molar-refractivity contribution is 6.46. The first-order valence-electron chi connectivity index (χ1n) is 12.0. The average molecular weight is 489 g/mol. The highest BCUT2D eigenvalue weighted by atomic mass is 16.5. The van der Waals surface area contributed by atoms with Crippen LogP contribution >= 0.6 is 0 Å². The minimum atomic E-state index is -0.731. The SMILES string of the molecule is C=CCOc1ccc(C2/C(=C(\O)c3nc4c(C)cccn4c3C)C(=O)C(=O)N2CCCN(C)C)cc1. The zero-order valence-electron chi connectivity index (χ0n) is 21.2. The van der Waals surface area contributed by atoms with E-state index in [9.17, 15) is 14.7 Å². The molecule has 1 fully saturated rings. The van der Waals surface area contributed by atoms with Gasteiger partial charge in [-0.15, -0.1) is 0 Å². The van der Waals surface area contributed by atoms with Gasteiger partial charge in [0.2, 0.25) is 0 Å². The van der Waals surface area contributed by atoms with Gasteiger partial charge in [0.15, 0.2) is 5.76 Å². The number of pyridine rings is 1. The second kappa shape index (κ2) is 10.4. The topological polar surface area (TPSA) is 87.4 Å². The van der Waals surface area contributed by atoms with E-state index in [2.05, 4.69) is 11.6 Å². The van der Waals surface area contributed by atoms with Crippen LogP contribution in [0.15, 0.2) is 60.8 Å². The molecule has 0 spiro atoms. The summed E-state index contributed by atoms with van der Waals surface area (Å²) < 4.78 is 7.47. The maximum Gasteiger partial charge on any atom is 0.295 e. The minimum absolute atomic E-state index is 0.0498. The number of hydrogen-bond acceptors (Lipinski definition) is 6. The number of amides is 1. The van der Waals surface area contributed by atoms with Gasteiger partial charge in [-0.2, -0.15) is 0 Å². The predicted molar refractivity (Wildman–Crippen MR) is 139 cm³/mol. The first-order chi connectivity index (χ1) is 17.2. The summed E-state index contributed by atoms with van der Waals surface area (Å²) in [5.74, 6) is -0.941. The van der Waals surface area contributed by atoms with Gasteiger partial charge in [0.05, 0.1) is 17.3 Å². The number of carbonyl (C=O) groups excluding carboxylic acids is 2. The molecule has 1 amide bonds. The number of Topliss-reactive ketones (excluding diaryl/α,β-unsaturated/α-hetero) is 1. The zero-order valence-corrected chi connectivity index (χ0v) is 21.2. The van der Waals surface area contributed by atoms with Crippen LogP contribution in [0.2, 0.25) is 0 Å². The Balaban J connectivity index is 1.83. The summed E-state index contributed by atoms with van der Waals surface area (Å²) in [6.45, 7) is 8.94. The molecule has 3 aromatic rings. The van der Waals surface area contributed by atoms with Crippen molar-refractivity contribution in [3.8, 4) is 5.75 Å². The number of ether oxygens (including phenoxy) is 1. The van der Waals surface area contributed by atoms with Gasteiger partial charge < -0.3 is 24.0 Å². The van der Waals surface area contributed by atoms with E-state index in [1.54, 1.807) is 23.1 Å².